The summed E-state index contributed by atoms with van der Waals surface area (Å²) in [5, 5.41) is 12.2. The second-order valence-electron chi connectivity index (χ2n) is 8.52. The molecule has 1 saturated carbocycles. The van der Waals surface area contributed by atoms with Gasteiger partial charge in [0.25, 0.3) is 0 Å². The number of aliphatic carboxylic acids is 1. The molecule has 1 rings (SSSR count). The first-order chi connectivity index (χ1) is 13.0. The lowest BCUT2D eigenvalue weighted by molar-refractivity contribution is -0.150. The highest BCUT2D eigenvalue weighted by atomic mass is 32.2. The largest absolute Gasteiger partial charge is 0.480 e. The number of ether oxygens (including phenoxy) is 1. The van der Waals surface area contributed by atoms with Crippen molar-refractivity contribution < 1.29 is 24.2 Å². The number of carbonyl (C=O) groups excluding carboxylic acids is 2. The van der Waals surface area contributed by atoms with Crippen molar-refractivity contribution in [3.05, 3.63) is 0 Å². The molecule has 2 N–H and O–H groups in total. The Bertz CT molecular complexity index is 529. The molecule has 1 fully saturated rings. The number of likely N-dealkylation sites (N-methyl/N-ethyl adjacent to an activating group) is 1. The highest BCUT2D eigenvalue weighted by Crippen LogP contribution is 2.28. The van der Waals surface area contributed by atoms with Crippen LogP contribution >= 0.6 is 11.8 Å². The number of hydrogen-bond donors (Lipinski definition) is 2. The topological polar surface area (TPSA) is 95.9 Å². The zero-order chi connectivity index (χ0) is 21.3. The third-order valence-corrected chi connectivity index (χ3v) is 5.62. The van der Waals surface area contributed by atoms with Crippen molar-refractivity contribution in [3.8, 4) is 0 Å². The molecule has 8 heteroatoms. The van der Waals surface area contributed by atoms with Crippen molar-refractivity contribution in [2.45, 2.75) is 83.4 Å². The second kappa shape index (κ2) is 11.5. The van der Waals surface area contributed by atoms with E-state index >= 15 is 0 Å². The predicted octanol–water partition coefficient (Wildman–Crippen LogP) is 3.51. The van der Waals surface area contributed by atoms with Crippen LogP contribution in [0.25, 0.3) is 0 Å². The van der Waals surface area contributed by atoms with Crippen molar-refractivity contribution in [2.24, 2.45) is 5.92 Å². The highest BCUT2D eigenvalue weighted by Gasteiger charge is 2.34. The zero-order valence-corrected chi connectivity index (χ0v) is 18.6. The van der Waals surface area contributed by atoms with Crippen LogP contribution in [0.1, 0.15) is 65.7 Å². The van der Waals surface area contributed by atoms with E-state index in [0.717, 1.165) is 25.7 Å². The fourth-order valence-electron chi connectivity index (χ4n) is 3.54. The molecule has 0 aromatic heterocycles. The predicted molar refractivity (Wildman–Crippen MR) is 112 cm³/mol. The molecule has 0 aromatic carbocycles. The van der Waals surface area contributed by atoms with Crippen LogP contribution in [0.3, 0.4) is 0 Å². The van der Waals surface area contributed by atoms with Gasteiger partial charge in [0.15, 0.2) is 0 Å². The molecule has 7 nitrogen and oxygen atoms in total. The number of rotatable bonds is 9. The van der Waals surface area contributed by atoms with Gasteiger partial charge in [-0.25, -0.2) is 9.59 Å². The summed E-state index contributed by atoms with van der Waals surface area (Å²) in [7, 11) is 1.51. The van der Waals surface area contributed by atoms with Crippen molar-refractivity contribution in [1.29, 1.82) is 0 Å². The van der Waals surface area contributed by atoms with E-state index in [0.29, 0.717) is 24.5 Å². The van der Waals surface area contributed by atoms with Crippen molar-refractivity contribution in [1.82, 2.24) is 10.2 Å². The van der Waals surface area contributed by atoms with E-state index in [-0.39, 0.29) is 5.91 Å². The molecule has 1 unspecified atom stereocenters. The minimum absolute atomic E-state index is 0.348. The van der Waals surface area contributed by atoms with Gasteiger partial charge in [0, 0.05) is 7.05 Å². The second-order valence-corrected chi connectivity index (χ2v) is 9.51. The minimum atomic E-state index is -1.03. The van der Waals surface area contributed by atoms with Gasteiger partial charge >= 0.3 is 12.1 Å². The lowest BCUT2D eigenvalue weighted by Crippen LogP contribution is -2.53. The van der Waals surface area contributed by atoms with Gasteiger partial charge in [-0.05, 0) is 51.5 Å². The summed E-state index contributed by atoms with van der Waals surface area (Å²) < 4.78 is 5.32. The van der Waals surface area contributed by atoms with E-state index in [4.69, 9.17) is 4.74 Å². The Morgan fingerprint density at radius 1 is 1.21 bits per heavy atom. The Morgan fingerprint density at radius 3 is 2.32 bits per heavy atom. The fraction of sp³-hybridized carbons (Fsp3) is 0.850. The van der Waals surface area contributed by atoms with Gasteiger partial charge in [-0.1, -0.05) is 32.1 Å². The molecule has 0 aromatic rings. The maximum absolute atomic E-state index is 13.1. The van der Waals surface area contributed by atoms with Crippen molar-refractivity contribution in [2.75, 3.05) is 19.1 Å². The standard InChI is InChI=1S/C20H36N2O5S/c1-20(2,3)27-19(26)21-15(13-14-9-7-6-8-10-14)17(23)22(4)16(18(24)25)11-12-28-5/h14-16H,6-13H2,1-5H3,(H,21,26)(H,24,25)/t15?,16-/m0/s1. The van der Waals surface area contributed by atoms with E-state index in [1.54, 1.807) is 20.8 Å². The minimum Gasteiger partial charge on any atom is -0.480 e. The summed E-state index contributed by atoms with van der Waals surface area (Å²) in [4.78, 5) is 38.3. The molecule has 0 radical (unpaired) electrons. The molecule has 1 aliphatic rings. The van der Waals surface area contributed by atoms with Gasteiger partial charge < -0.3 is 20.1 Å². The number of amides is 2. The molecule has 162 valence electrons. The van der Waals surface area contributed by atoms with Crippen LogP contribution in [0.4, 0.5) is 4.79 Å². The Balaban J connectivity index is 2.91. The Hall–Kier alpha value is -1.44. The molecule has 0 heterocycles. The Labute approximate surface area is 172 Å². The first kappa shape index (κ1) is 24.6. The molecule has 1 aliphatic carbocycles. The number of nitrogens with one attached hydrogen (secondary N) is 1. The van der Waals surface area contributed by atoms with E-state index in [9.17, 15) is 19.5 Å². The van der Waals surface area contributed by atoms with Gasteiger partial charge in [0.05, 0.1) is 0 Å². The average Bonchev–Trinajstić information content (AvgIpc) is 2.59. The van der Waals surface area contributed by atoms with E-state index in [1.165, 1.54) is 30.1 Å². The third-order valence-electron chi connectivity index (χ3n) is 4.98. The van der Waals surface area contributed by atoms with Gasteiger partial charge in [-0.15, -0.1) is 0 Å². The first-order valence-corrected chi connectivity index (χ1v) is 11.4. The van der Waals surface area contributed by atoms with Crippen LogP contribution in [0, 0.1) is 5.92 Å². The maximum atomic E-state index is 13.1. The summed E-state index contributed by atoms with van der Waals surface area (Å²) >= 11 is 1.54. The third kappa shape index (κ3) is 8.71. The van der Waals surface area contributed by atoms with E-state index in [1.807, 2.05) is 6.26 Å². The number of alkyl carbamates (subject to hydrolysis) is 1. The molecular weight excluding hydrogens is 380 g/mol. The van der Waals surface area contributed by atoms with Gasteiger partial charge in [0.1, 0.15) is 17.7 Å². The van der Waals surface area contributed by atoms with Crippen molar-refractivity contribution in [3.63, 3.8) is 0 Å². The molecule has 0 saturated heterocycles. The van der Waals surface area contributed by atoms with Crippen LogP contribution in [-0.2, 0) is 14.3 Å². The Kier molecular flexibility index (Phi) is 10.1. The van der Waals surface area contributed by atoms with Gasteiger partial charge in [0.2, 0.25) is 5.91 Å². The normalized spacial score (nSPS) is 17.5. The number of hydrogen-bond acceptors (Lipinski definition) is 5. The average molecular weight is 417 g/mol. The van der Waals surface area contributed by atoms with Crippen LogP contribution in [0.5, 0.6) is 0 Å². The lowest BCUT2D eigenvalue weighted by atomic mass is 9.84. The fourth-order valence-corrected chi connectivity index (χ4v) is 4.00. The van der Waals surface area contributed by atoms with E-state index in [2.05, 4.69) is 5.32 Å². The number of thioether (sulfide) groups is 1. The number of nitrogens with zero attached hydrogens (tertiary/aromatic N) is 1. The molecule has 0 bridgehead atoms. The number of carboxylic acid groups (broad SMARTS) is 1. The first-order valence-electron chi connectivity index (χ1n) is 10.0. The molecule has 0 aliphatic heterocycles. The maximum Gasteiger partial charge on any atom is 0.408 e. The SMILES string of the molecule is CSCC[C@@H](C(=O)O)N(C)C(=O)C(CC1CCCCC1)NC(=O)OC(C)(C)C. The summed E-state index contributed by atoms with van der Waals surface area (Å²) in [5.74, 6) is -0.412. The van der Waals surface area contributed by atoms with Crippen LogP contribution < -0.4 is 5.32 Å². The van der Waals surface area contributed by atoms with E-state index < -0.39 is 29.7 Å². The number of carbonyl (C=O) groups is 3. The van der Waals surface area contributed by atoms with Crippen molar-refractivity contribution >= 4 is 29.7 Å². The molecular formula is C20H36N2O5S. The summed E-state index contributed by atoms with van der Waals surface area (Å²) in [6, 6.07) is -1.69. The smallest absolute Gasteiger partial charge is 0.408 e. The van der Waals surface area contributed by atoms with Crippen LogP contribution in [0.2, 0.25) is 0 Å². The highest BCUT2D eigenvalue weighted by molar-refractivity contribution is 7.98. The Morgan fingerprint density at radius 2 is 1.82 bits per heavy atom. The molecule has 28 heavy (non-hydrogen) atoms. The molecule has 2 atom stereocenters. The molecule has 2 amide bonds. The zero-order valence-electron chi connectivity index (χ0n) is 17.8. The number of carboxylic acids is 1. The monoisotopic (exact) mass is 416 g/mol. The lowest BCUT2D eigenvalue weighted by Gasteiger charge is -2.32. The molecule has 0 spiro atoms. The summed E-state index contributed by atoms with van der Waals surface area (Å²) in [6.45, 7) is 5.29. The summed E-state index contributed by atoms with van der Waals surface area (Å²) in [5.41, 5.74) is -0.670. The van der Waals surface area contributed by atoms with Gasteiger partial charge in [-0.2, -0.15) is 11.8 Å². The van der Waals surface area contributed by atoms with Crippen LogP contribution in [0.15, 0.2) is 0 Å². The van der Waals surface area contributed by atoms with Crippen LogP contribution in [-0.4, -0.2) is 64.7 Å². The summed E-state index contributed by atoms with van der Waals surface area (Å²) in [6.07, 6.45) is 7.63. The quantitative estimate of drug-likeness (QED) is 0.597. The van der Waals surface area contributed by atoms with Gasteiger partial charge in [-0.3, -0.25) is 4.79 Å².